The maximum atomic E-state index is 11.8. The van der Waals surface area contributed by atoms with Crippen LogP contribution < -0.4 is 11.1 Å². The molecular formula is C13H13N3O. The molecule has 0 unspecified atom stereocenters. The SMILES string of the molecule is C#CCCNC(=O)c1c[nH]c2cc(N)ccc12. The van der Waals surface area contributed by atoms with Gasteiger partial charge in [0, 0.05) is 35.8 Å². The van der Waals surface area contributed by atoms with Gasteiger partial charge in [-0.3, -0.25) is 4.79 Å². The van der Waals surface area contributed by atoms with Crippen LogP contribution in [-0.4, -0.2) is 17.4 Å². The summed E-state index contributed by atoms with van der Waals surface area (Å²) in [7, 11) is 0. The van der Waals surface area contributed by atoms with Gasteiger partial charge in [0.15, 0.2) is 0 Å². The number of anilines is 1. The second-order valence-corrected chi connectivity index (χ2v) is 3.72. The molecular weight excluding hydrogens is 214 g/mol. The maximum absolute atomic E-state index is 11.8. The standard InChI is InChI=1S/C13H13N3O/c1-2-3-6-15-13(17)11-8-16-12-7-9(14)4-5-10(11)12/h1,4-5,7-8,16H,3,6,14H2,(H,15,17). The van der Waals surface area contributed by atoms with Gasteiger partial charge in [0.05, 0.1) is 5.56 Å². The molecule has 0 fully saturated rings. The van der Waals surface area contributed by atoms with Gasteiger partial charge < -0.3 is 16.0 Å². The van der Waals surface area contributed by atoms with Crippen LogP contribution >= 0.6 is 0 Å². The Kier molecular flexibility index (Phi) is 3.01. The third-order valence-electron chi connectivity index (χ3n) is 2.51. The minimum absolute atomic E-state index is 0.128. The van der Waals surface area contributed by atoms with Crippen LogP contribution in [0.3, 0.4) is 0 Å². The predicted molar refractivity (Wildman–Crippen MR) is 68.5 cm³/mol. The number of nitrogen functional groups attached to an aromatic ring is 1. The van der Waals surface area contributed by atoms with Crippen LogP contribution in [0.15, 0.2) is 24.4 Å². The van der Waals surface area contributed by atoms with Crippen LogP contribution in [0.25, 0.3) is 10.9 Å². The summed E-state index contributed by atoms with van der Waals surface area (Å²) in [5, 5.41) is 3.62. The molecule has 17 heavy (non-hydrogen) atoms. The first-order valence-electron chi connectivity index (χ1n) is 5.30. The molecule has 0 aliphatic rings. The molecule has 1 aromatic carbocycles. The molecule has 1 aromatic heterocycles. The summed E-state index contributed by atoms with van der Waals surface area (Å²) >= 11 is 0. The highest BCUT2D eigenvalue weighted by Crippen LogP contribution is 2.20. The van der Waals surface area contributed by atoms with Crippen molar-refractivity contribution in [2.75, 3.05) is 12.3 Å². The lowest BCUT2D eigenvalue weighted by atomic mass is 10.1. The summed E-state index contributed by atoms with van der Waals surface area (Å²) in [6.07, 6.45) is 7.32. The van der Waals surface area contributed by atoms with E-state index >= 15 is 0 Å². The van der Waals surface area contributed by atoms with E-state index in [9.17, 15) is 4.79 Å². The number of aromatic amines is 1. The number of fused-ring (bicyclic) bond motifs is 1. The molecule has 4 N–H and O–H groups in total. The van der Waals surface area contributed by atoms with E-state index in [-0.39, 0.29) is 5.91 Å². The molecule has 4 nitrogen and oxygen atoms in total. The normalized spacial score (nSPS) is 10.1. The Labute approximate surface area is 99.2 Å². The zero-order valence-electron chi connectivity index (χ0n) is 9.29. The van der Waals surface area contributed by atoms with Crippen molar-refractivity contribution < 1.29 is 4.79 Å². The molecule has 0 radical (unpaired) electrons. The largest absolute Gasteiger partial charge is 0.399 e. The van der Waals surface area contributed by atoms with E-state index in [1.807, 2.05) is 6.07 Å². The molecule has 1 heterocycles. The number of hydrogen-bond donors (Lipinski definition) is 3. The Hall–Kier alpha value is -2.41. The summed E-state index contributed by atoms with van der Waals surface area (Å²) in [6.45, 7) is 0.483. The Morgan fingerprint density at radius 2 is 2.35 bits per heavy atom. The number of amides is 1. The minimum Gasteiger partial charge on any atom is -0.399 e. The van der Waals surface area contributed by atoms with Gasteiger partial charge in [-0.2, -0.15) is 0 Å². The number of terminal acetylenes is 1. The highest BCUT2D eigenvalue weighted by atomic mass is 16.1. The quantitative estimate of drug-likeness (QED) is 0.422. The number of hydrogen-bond acceptors (Lipinski definition) is 2. The van der Waals surface area contributed by atoms with Gasteiger partial charge in [0.25, 0.3) is 5.91 Å². The average molecular weight is 227 g/mol. The van der Waals surface area contributed by atoms with Crippen molar-refractivity contribution >= 4 is 22.5 Å². The number of carbonyl (C=O) groups is 1. The van der Waals surface area contributed by atoms with Crippen molar-refractivity contribution in [3.63, 3.8) is 0 Å². The first kappa shape index (κ1) is 11.1. The zero-order chi connectivity index (χ0) is 12.3. The third-order valence-corrected chi connectivity index (χ3v) is 2.51. The van der Waals surface area contributed by atoms with Gasteiger partial charge in [0.1, 0.15) is 0 Å². The maximum Gasteiger partial charge on any atom is 0.253 e. The molecule has 0 bridgehead atoms. The number of carbonyl (C=O) groups excluding carboxylic acids is 1. The molecule has 86 valence electrons. The van der Waals surface area contributed by atoms with Gasteiger partial charge in [-0.05, 0) is 18.2 Å². The van der Waals surface area contributed by atoms with Crippen LogP contribution in [0.4, 0.5) is 5.69 Å². The van der Waals surface area contributed by atoms with Gasteiger partial charge in [-0.25, -0.2) is 0 Å². The minimum atomic E-state index is -0.128. The topological polar surface area (TPSA) is 70.9 Å². The molecule has 0 spiro atoms. The summed E-state index contributed by atoms with van der Waals surface area (Å²) in [4.78, 5) is 14.9. The van der Waals surface area contributed by atoms with Crippen molar-refractivity contribution in [1.29, 1.82) is 0 Å². The van der Waals surface area contributed by atoms with E-state index in [2.05, 4.69) is 16.2 Å². The van der Waals surface area contributed by atoms with E-state index < -0.39 is 0 Å². The first-order valence-corrected chi connectivity index (χ1v) is 5.30. The van der Waals surface area contributed by atoms with Crippen LogP contribution in [0.2, 0.25) is 0 Å². The monoisotopic (exact) mass is 227 g/mol. The average Bonchev–Trinajstić information content (AvgIpc) is 2.72. The number of H-pyrrole nitrogens is 1. The second-order valence-electron chi connectivity index (χ2n) is 3.72. The summed E-state index contributed by atoms with van der Waals surface area (Å²) in [6, 6.07) is 5.40. The van der Waals surface area contributed by atoms with Crippen molar-refractivity contribution in [2.45, 2.75) is 6.42 Å². The van der Waals surface area contributed by atoms with Gasteiger partial charge in [0.2, 0.25) is 0 Å². The number of nitrogens with two attached hydrogens (primary N) is 1. The fraction of sp³-hybridized carbons (Fsp3) is 0.154. The van der Waals surface area contributed by atoms with Crippen molar-refractivity contribution in [3.8, 4) is 12.3 Å². The van der Waals surface area contributed by atoms with E-state index in [1.165, 1.54) is 0 Å². The Morgan fingerprint density at radius 1 is 1.53 bits per heavy atom. The molecule has 1 amide bonds. The summed E-state index contributed by atoms with van der Waals surface area (Å²) in [5.41, 5.74) is 7.79. The number of rotatable bonds is 3. The van der Waals surface area contributed by atoms with Crippen molar-refractivity contribution in [3.05, 3.63) is 30.0 Å². The van der Waals surface area contributed by atoms with Crippen LogP contribution in [0.5, 0.6) is 0 Å². The lowest BCUT2D eigenvalue weighted by Gasteiger charge is -2.01. The summed E-state index contributed by atoms with van der Waals surface area (Å²) in [5.74, 6) is 2.35. The second kappa shape index (κ2) is 4.62. The lowest BCUT2D eigenvalue weighted by molar-refractivity contribution is 0.0956. The molecule has 0 saturated heterocycles. The van der Waals surface area contributed by atoms with E-state index in [1.54, 1.807) is 18.3 Å². The lowest BCUT2D eigenvalue weighted by Crippen LogP contribution is -2.23. The molecule has 0 aliphatic heterocycles. The van der Waals surface area contributed by atoms with Crippen LogP contribution in [0.1, 0.15) is 16.8 Å². The van der Waals surface area contributed by atoms with Gasteiger partial charge in [-0.1, -0.05) is 0 Å². The molecule has 2 aromatic rings. The molecule has 0 saturated carbocycles. The predicted octanol–water partition coefficient (Wildman–Crippen LogP) is 1.50. The number of aromatic nitrogens is 1. The first-order chi connectivity index (χ1) is 8.22. The zero-order valence-corrected chi connectivity index (χ0v) is 9.29. The Bertz CT molecular complexity index is 592. The summed E-state index contributed by atoms with van der Waals surface area (Å²) < 4.78 is 0. The highest BCUT2D eigenvalue weighted by Gasteiger charge is 2.10. The van der Waals surface area contributed by atoms with Crippen molar-refractivity contribution in [2.24, 2.45) is 0 Å². The van der Waals surface area contributed by atoms with E-state index in [0.717, 1.165) is 10.9 Å². The van der Waals surface area contributed by atoms with Crippen molar-refractivity contribution in [1.82, 2.24) is 10.3 Å². The van der Waals surface area contributed by atoms with Crippen LogP contribution in [0, 0.1) is 12.3 Å². The number of nitrogens with one attached hydrogen (secondary N) is 2. The van der Waals surface area contributed by atoms with Crippen LogP contribution in [-0.2, 0) is 0 Å². The van der Waals surface area contributed by atoms with Gasteiger partial charge in [-0.15, -0.1) is 12.3 Å². The van der Waals surface area contributed by atoms with Gasteiger partial charge >= 0.3 is 0 Å². The fourth-order valence-electron chi connectivity index (χ4n) is 1.68. The molecule has 2 rings (SSSR count). The van der Waals surface area contributed by atoms with E-state index in [4.69, 9.17) is 12.2 Å². The molecule has 0 aliphatic carbocycles. The fourth-order valence-corrected chi connectivity index (χ4v) is 1.68. The highest BCUT2D eigenvalue weighted by molar-refractivity contribution is 6.07. The third kappa shape index (κ3) is 2.23. The number of benzene rings is 1. The Balaban J connectivity index is 2.24. The smallest absolute Gasteiger partial charge is 0.253 e. The molecule has 4 heteroatoms. The van der Waals surface area contributed by atoms with E-state index in [0.29, 0.717) is 24.2 Å². The molecule has 0 atom stereocenters. The Morgan fingerprint density at radius 3 is 3.12 bits per heavy atom.